The maximum absolute atomic E-state index is 9.75. The molecule has 0 aromatic heterocycles. The second kappa shape index (κ2) is 10.8. The van der Waals surface area contributed by atoms with Gasteiger partial charge in [-0.2, -0.15) is 0 Å². The second-order valence-corrected chi connectivity index (χ2v) is 6.25. The highest BCUT2D eigenvalue weighted by molar-refractivity contribution is 4.67. The Labute approximate surface area is 113 Å². The van der Waals surface area contributed by atoms with Crippen molar-refractivity contribution in [3.63, 3.8) is 0 Å². The molecule has 1 unspecified atom stereocenters. The van der Waals surface area contributed by atoms with Gasteiger partial charge in [0, 0.05) is 20.3 Å². The minimum Gasteiger partial charge on any atom is -0.391 e. The maximum atomic E-state index is 9.75. The van der Waals surface area contributed by atoms with Crippen molar-refractivity contribution in [1.29, 1.82) is 0 Å². The molecule has 0 aromatic rings. The molecule has 0 aliphatic carbocycles. The summed E-state index contributed by atoms with van der Waals surface area (Å²) in [5.41, 5.74) is 0.171. The van der Waals surface area contributed by atoms with Crippen molar-refractivity contribution in [3.05, 3.63) is 0 Å². The Balaban J connectivity index is 3.20. The van der Waals surface area contributed by atoms with Crippen LogP contribution in [0.4, 0.5) is 0 Å². The molecule has 1 atom stereocenters. The number of aliphatic hydroxyl groups excluding tert-OH is 1. The van der Waals surface area contributed by atoms with Gasteiger partial charge in [0.05, 0.1) is 12.7 Å². The molecule has 0 spiro atoms. The Morgan fingerprint density at radius 3 is 2.06 bits per heavy atom. The lowest BCUT2D eigenvalue weighted by molar-refractivity contribution is 0.0150. The van der Waals surface area contributed by atoms with Crippen LogP contribution in [0, 0.1) is 5.41 Å². The van der Waals surface area contributed by atoms with E-state index in [2.05, 4.69) is 20.8 Å². The van der Waals surface area contributed by atoms with E-state index in [0.29, 0.717) is 6.61 Å². The highest BCUT2D eigenvalue weighted by Gasteiger charge is 2.16. The smallest absolute Gasteiger partial charge is 0.0778 e. The minimum absolute atomic E-state index is 0.171. The molecular weight excluding hydrogens is 228 g/mol. The standard InChI is InChI=1S/C15H32O3/c1-15(2,3)12-14(16)13-18-11-9-7-5-6-8-10-17-4/h14,16H,5-13H2,1-4H3. The van der Waals surface area contributed by atoms with E-state index >= 15 is 0 Å². The Morgan fingerprint density at radius 2 is 1.50 bits per heavy atom. The van der Waals surface area contributed by atoms with Gasteiger partial charge in [-0.25, -0.2) is 0 Å². The first-order valence-corrected chi connectivity index (χ1v) is 7.20. The summed E-state index contributed by atoms with van der Waals surface area (Å²) >= 11 is 0. The van der Waals surface area contributed by atoms with E-state index in [-0.39, 0.29) is 11.5 Å². The van der Waals surface area contributed by atoms with E-state index < -0.39 is 0 Å². The summed E-state index contributed by atoms with van der Waals surface area (Å²) in [6, 6.07) is 0. The lowest BCUT2D eigenvalue weighted by Gasteiger charge is -2.22. The van der Waals surface area contributed by atoms with Crippen molar-refractivity contribution in [1.82, 2.24) is 0 Å². The molecule has 3 heteroatoms. The van der Waals surface area contributed by atoms with Crippen molar-refractivity contribution in [2.45, 2.75) is 65.4 Å². The van der Waals surface area contributed by atoms with Crippen LogP contribution in [0.5, 0.6) is 0 Å². The van der Waals surface area contributed by atoms with Crippen LogP contribution in [-0.2, 0) is 9.47 Å². The number of hydrogen-bond donors (Lipinski definition) is 1. The van der Waals surface area contributed by atoms with Gasteiger partial charge in [-0.15, -0.1) is 0 Å². The number of methoxy groups -OCH3 is 1. The first kappa shape index (κ1) is 17.9. The topological polar surface area (TPSA) is 38.7 Å². The highest BCUT2D eigenvalue weighted by atomic mass is 16.5. The molecule has 0 saturated heterocycles. The molecular formula is C15H32O3. The van der Waals surface area contributed by atoms with Gasteiger partial charge in [0.25, 0.3) is 0 Å². The highest BCUT2D eigenvalue weighted by Crippen LogP contribution is 2.20. The SMILES string of the molecule is COCCCCCCCOCC(O)CC(C)(C)C. The molecule has 0 fully saturated rings. The molecule has 110 valence electrons. The van der Waals surface area contributed by atoms with Gasteiger partial charge in [-0.05, 0) is 24.7 Å². The first-order chi connectivity index (χ1) is 8.45. The molecule has 1 N–H and O–H groups in total. The molecule has 0 aliphatic rings. The molecule has 0 amide bonds. The average molecular weight is 260 g/mol. The zero-order valence-corrected chi connectivity index (χ0v) is 12.7. The largest absolute Gasteiger partial charge is 0.391 e. The molecule has 0 bridgehead atoms. The summed E-state index contributed by atoms with van der Waals surface area (Å²) in [7, 11) is 1.75. The summed E-state index contributed by atoms with van der Waals surface area (Å²) in [5, 5.41) is 9.75. The number of rotatable bonds is 11. The quantitative estimate of drug-likeness (QED) is 0.579. The molecule has 3 nitrogen and oxygen atoms in total. The van der Waals surface area contributed by atoms with Crippen molar-refractivity contribution in [3.8, 4) is 0 Å². The van der Waals surface area contributed by atoms with Crippen LogP contribution in [0.25, 0.3) is 0 Å². The van der Waals surface area contributed by atoms with Crippen LogP contribution in [0.1, 0.15) is 59.3 Å². The van der Waals surface area contributed by atoms with Gasteiger partial charge in [-0.3, -0.25) is 0 Å². The van der Waals surface area contributed by atoms with Crippen LogP contribution in [0.3, 0.4) is 0 Å². The molecule has 0 heterocycles. The molecule has 0 radical (unpaired) electrons. The predicted octanol–water partition coefficient (Wildman–Crippen LogP) is 3.40. The maximum Gasteiger partial charge on any atom is 0.0778 e. The summed E-state index contributed by atoms with van der Waals surface area (Å²) in [4.78, 5) is 0. The van der Waals surface area contributed by atoms with Crippen molar-refractivity contribution in [2.75, 3.05) is 26.9 Å². The van der Waals surface area contributed by atoms with Crippen LogP contribution in [0.2, 0.25) is 0 Å². The molecule has 0 rings (SSSR count). The van der Waals surface area contributed by atoms with Crippen LogP contribution >= 0.6 is 0 Å². The van der Waals surface area contributed by atoms with Crippen molar-refractivity contribution in [2.24, 2.45) is 5.41 Å². The predicted molar refractivity (Wildman–Crippen MR) is 75.9 cm³/mol. The number of ether oxygens (including phenoxy) is 2. The number of aliphatic hydroxyl groups is 1. The molecule has 18 heavy (non-hydrogen) atoms. The molecule has 0 aliphatic heterocycles. The summed E-state index contributed by atoms with van der Waals surface area (Å²) < 4.78 is 10.5. The van der Waals surface area contributed by atoms with Gasteiger partial charge in [-0.1, -0.05) is 40.0 Å². The van der Waals surface area contributed by atoms with Gasteiger partial charge in [0.15, 0.2) is 0 Å². The lowest BCUT2D eigenvalue weighted by atomic mass is 9.89. The fraction of sp³-hybridized carbons (Fsp3) is 1.00. The zero-order chi connectivity index (χ0) is 13.9. The Hall–Kier alpha value is -0.120. The van der Waals surface area contributed by atoms with E-state index in [0.717, 1.165) is 32.5 Å². The van der Waals surface area contributed by atoms with Gasteiger partial charge in [0.2, 0.25) is 0 Å². The molecule has 0 aromatic carbocycles. The lowest BCUT2D eigenvalue weighted by Crippen LogP contribution is -2.22. The van der Waals surface area contributed by atoms with E-state index in [1.807, 2.05) is 0 Å². The first-order valence-electron chi connectivity index (χ1n) is 7.20. The van der Waals surface area contributed by atoms with Crippen LogP contribution in [0.15, 0.2) is 0 Å². The fourth-order valence-electron chi connectivity index (χ4n) is 1.97. The van der Waals surface area contributed by atoms with E-state index in [9.17, 15) is 5.11 Å². The monoisotopic (exact) mass is 260 g/mol. The van der Waals surface area contributed by atoms with E-state index in [4.69, 9.17) is 9.47 Å². The second-order valence-electron chi connectivity index (χ2n) is 6.25. The summed E-state index contributed by atoms with van der Waals surface area (Å²) in [6.45, 7) is 8.52. The van der Waals surface area contributed by atoms with Crippen LogP contribution < -0.4 is 0 Å². The Kier molecular flexibility index (Phi) is 10.7. The van der Waals surface area contributed by atoms with Crippen LogP contribution in [-0.4, -0.2) is 38.1 Å². The number of unbranched alkanes of at least 4 members (excludes halogenated alkanes) is 4. The summed E-state index contributed by atoms with van der Waals surface area (Å²) in [6.07, 6.45) is 6.41. The summed E-state index contributed by atoms with van der Waals surface area (Å²) in [5.74, 6) is 0. The third kappa shape index (κ3) is 13.9. The third-order valence-electron chi connectivity index (χ3n) is 2.80. The van der Waals surface area contributed by atoms with Crippen molar-refractivity contribution >= 4 is 0 Å². The Morgan fingerprint density at radius 1 is 0.944 bits per heavy atom. The zero-order valence-electron chi connectivity index (χ0n) is 12.7. The fourth-order valence-corrected chi connectivity index (χ4v) is 1.97. The van der Waals surface area contributed by atoms with E-state index in [1.54, 1.807) is 7.11 Å². The van der Waals surface area contributed by atoms with Gasteiger partial charge >= 0.3 is 0 Å². The number of hydrogen-bond acceptors (Lipinski definition) is 3. The molecule has 0 saturated carbocycles. The van der Waals surface area contributed by atoms with Gasteiger partial charge in [0.1, 0.15) is 0 Å². The van der Waals surface area contributed by atoms with E-state index in [1.165, 1.54) is 19.3 Å². The normalized spacial score (nSPS) is 13.8. The Bertz CT molecular complexity index is 175. The minimum atomic E-state index is -0.327. The van der Waals surface area contributed by atoms with Crippen molar-refractivity contribution < 1.29 is 14.6 Å². The average Bonchev–Trinajstić information content (AvgIpc) is 2.24. The van der Waals surface area contributed by atoms with Gasteiger partial charge < -0.3 is 14.6 Å². The third-order valence-corrected chi connectivity index (χ3v) is 2.80.